The van der Waals surface area contributed by atoms with Gasteiger partial charge in [0.15, 0.2) is 5.78 Å². The van der Waals surface area contributed by atoms with Crippen molar-refractivity contribution in [3.8, 4) is 0 Å². The van der Waals surface area contributed by atoms with Crippen LogP contribution in [0.15, 0.2) is 48.5 Å². The summed E-state index contributed by atoms with van der Waals surface area (Å²) in [6.45, 7) is 4.24. The van der Waals surface area contributed by atoms with E-state index in [9.17, 15) is 14.0 Å². The molecule has 3 fully saturated rings. The van der Waals surface area contributed by atoms with E-state index in [1.165, 1.54) is 31.7 Å². The Balaban J connectivity index is 1.22. The van der Waals surface area contributed by atoms with E-state index in [1.54, 1.807) is 36.4 Å². The van der Waals surface area contributed by atoms with Crippen LogP contribution in [0.2, 0.25) is 0 Å². The molecule has 2 amide bonds. The zero-order valence-corrected chi connectivity index (χ0v) is 18.6. The largest absolute Gasteiger partial charge is 0.338 e. The number of Topliss-reactive ketones (excluding diaryl/α,β-unsaturated/α-hetero) is 1. The van der Waals surface area contributed by atoms with Crippen LogP contribution in [0.25, 0.3) is 0 Å². The maximum atomic E-state index is 13.2. The Bertz CT molecular complexity index is 946. The van der Waals surface area contributed by atoms with Crippen molar-refractivity contribution in [2.24, 2.45) is 11.8 Å². The number of fused-ring (bicyclic) bond motifs is 3. The number of carbonyl (C=O) groups is 2. The predicted molar refractivity (Wildman–Crippen MR) is 124 cm³/mol. The van der Waals surface area contributed by atoms with Crippen LogP contribution in [0.3, 0.4) is 0 Å². The highest BCUT2D eigenvalue weighted by atomic mass is 19.1. The normalized spacial score (nSPS) is 22.5. The van der Waals surface area contributed by atoms with Gasteiger partial charge in [-0.3, -0.25) is 9.69 Å². The molecule has 5 nitrogen and oxygen atoms in total. The van der Waals surface area contributed by atoms with Crippen molar-refractivity contribution in [1.82, 2.24) is 10.2 Å². The van der Waals surface area contributed by atoms with Crippen LogP contribution in [-0.4, -0.2) is 42.4 Å². The highest BCUT2D eigenvalue weighted by Gasteiger charge is 2.40. The first-order valence-corrected chi connectivity index (χ1v) is 11.6. The van der Waals surface area contributed by atoms with Gasteiger partial charge in [0.1, 0.15) is 5.82 Å². The number of hydrogen-bond acceptors (Lipinski definition) is 3. The molecule has 0 radical (unpaired) electrons. The Morgan fingerprint density at radius 2 is 1.94 bits per heavy atom. The minimum Gasteiger partial charge on any atom is -0.338 e. The monoisotopic (exact) mass is 437 g/mol. The van der Waals surface area contributed by atoms with E-state index in [0.29, 0.717) is 29.8 Å². The molecule has 0 aromatic heterocycles. The molecule has 6 heteroatoms. The van der Waals surface area contributed by atoms with E-state index in [4.69, 9.17) is 0 Å². The van der Waals surface area contributed by atoms with Gasteiger partial charge < -0.3 is 10.6 Å². The van der Waals surface area contributed by atoms with E-state index in [-0.39, 0.29) is 17.6 Å². The quantitative estimate of drug-likeness (QED) is 0.457. The van der Waals surface area contributed by atoms with Crippen LogP contribution in [0, 0.1) is 17.7 Å². The molecule has 2 heterocycles. The Hall–Kier alpha value is -2.73. The number of amides is 2. The van der Waals surface area contributed by atoms with E-state index < -0.39 is 0 Å². The van der Waals surface area contributed by atoms with Crippen LogP contribution >= 0.6 is 0 Å². The van der Waals surface area contributed by atoms with Crippen molar-refractivity contribution in [2.75, 3.05) is 25.0 Å². The average molecular weight is 438 g/mol. The third-order valence-electron chi connectivity index (χ3n) is 6.86. The maximum Gasteiger partial charge on any atom is 0.319 e. The van der Waals surface area contributed by atoms with Crippen molar-refractivity contribution in [2.45, 2.75) is 45.1 Å². The smallest absolute Gasteiger partial charge is 0.319 e. The Labute approximate surface area is 189 Å². The molecule has 0 spiro atoms. The Kier molecular flexibility index (Phi) is 7.20. The molecule has 2 aromatic rings. The molecule has 2 aliphatic heterocycles. The van der Waals surface area contributed by atoms with Gasteiger partial charge in [-0.25, -0.2) is 9.18 Å². The highest BCUT2D eigenvalue weighted by Crippen LogP contribution is 2.40. The third-order valence-corrected chi connectivity index (χ3v) is 6.86. The molecule has 170 valence electrons. The van der Waals surface area contributed by atoms with Gasteiger partial charge in [-0.15, -0.1) is 0 Å². The Morgan fingerprint density at radius 3 is 2.69 bits per heavy atom. The van der Waals surface area contributed by atoms with Crippen molar-refractivity contribution < 1.29 is 14.0 Å². The summed E-state index contributed by atoms with van der Waals surface area (Å²) in [5.74, 6) is 1.17. The first-order valence-electron chi connectivity index (χ1n) is 11.6. The van der Waals surface area contributed by atoms with Crippen molar-refractivity contribution in [3.63, 3.8) is 0 Å². The first-order chi connectivity index (χ1) is 15.5. The molecule has 2 N–H and O–H groups in total. The topological polar surface area (TPSA) is 61.4 Å². The zero-order chi connectivity index (χ0) is 22.5. The lowest BCUT2D eigenvalue weighted by Gasteiger charge is -2.50. The van der Waals surface area contributed by atoms with Crippen LogP contribution in [0.4, 0.5) is 14.9 Å². The predicted octanol–water partition coefficient (Wildman–Crippen LogP) is 4.88. The van der Waals surface area contributed by atoms with E-state index >= 15 is 0 Å². The maximum absolute atomic E-state index is 13.2. The summed E-state index contributed by atoms with van der Waals surface area (Å²) in [5.41, 5.74) is 2.42. The van der Waals surface area contributed by atoms with Crippen molar-refractivity contribution >= 4 is 17.5 Å². The second kappa shape index (κ2) is 10.3. The second-order valence-electron chi connectivity index (χ2n) is 9.20. The van der Waals surface area contributed by atoms with E-state index in [2.05, 4.69) is 15.5 Å². The summed E-state index contributed by atoms with van der Waals surface area (Å²) < 4.78 is 13.2. The number of carbonyl (C=O) groups excluding carboxylic acids is 2. The fraction of sp³-hybridized carbons (Fsp3) is 0.462. The molecule has 2 saturated heterocycles. The van der Waals surface area contributed by atoms with Crippen LogP contribution < -0.4 is 10.6 Å². The lowest BCUT2D eigenvalue weighted by Crippen LogP contribution is -2.54. The number of nitrogens with one attached hydrogen (secondary N) is 2. The summed E-state index contributed by atoms with van der Waals surface area (Å²) in [7, 11) is 0. The molecule has 2 aromatic carbocycles. The number of urea groups is 1. The molecule has 0 unspecified atom stereocenters. The lowest BCUT2D eigenvalue weighted by molar-refractivity contribution is 0.000976. The number of ketones is 1. The Morgan fingerprint density at radius 1 is 1.12 bits per heavy atom. The van der Waals surface area contributed by atoms with Crippen LogP contribution in [0.1, 0.15) is 48.5 Å². The minimum absolute atomic E-state index is 0.0254. The number of rotatable bonds is 8. The van der Waals surface area contributed by atoms with Crippen LogP contribution in [0.5, 0.6) is 0 Å². The third kappa shape index (κ3) is 5.74. The molecule has 1 saturated carbocycles. The molecule has 2 bridgehead atoms. The molecule has 5 rings (SSSR count). The van der Waals surface area contributed by atoms with Gasteiger partial charge in [0.05, 0.1) is 0 Å². The number of anilines is 1. The molecule has 1 aliphatic carbocycles. The van der Waals surface area contributed by atoms with Crippen molar-refractivity contribution in [3.05, 3.63) is 65.5 Å². The summed E-state index contributed by atoms with van der Waals surface area (Å²) >= 11 is 0. The number of benzene rings is 2. The summed E-state index contributed by atoms with van der Waals surface area (Å²) in [5, 5.41) is 5.72. The van der Waals surface area contributed by atoms with Gasteiger partial charge in [-0.1, -0.05) is 24.3 Å². The van der Waals surface area contributed by atoms with E-state index in [0.717, 1.165) is 31.8 Å². The summed E-state index contributed by atoms with van der Waals surface area (Å²) in [4.78, 5) is 26.3. The van der Waals surface area contributed by atoms with Gasteiger partial charge in [-0.05, 0) is 80.7 Å². The number of piperidine rings is 2. The number of halogens is 1. The zero-order valence-electron chi connectivity index (χ0n) is 18.6. The van der Waals surface area contributed by atoms with Gasteiger partial charge in [-0.2, -0.15) is 0 Å². The minimum atomic E-state index is -0.250. The fourth-order valence-corrected chi connectivity index (χ4v) is 5.33. The molecule has 32 heavy (non-hydrogen) atoms. The number of hydrogen-bond donors (Lipinski definition) is 2. The SMILES string of the molecule is CC(=O)c1cccc(NC(=O)NCCCN2C[C@H]3CC[C@@H]2[C@H](Cc2ccc(F)cc2)C3)c1. The van der Waals surface area contributed by atoms with Crippen molar-refractivity contribution in [1.29, 1.82) is 0 Å². The molecule has 3 aliphatic rings. The molecule has 3 atom stereocenters. The van der Waals surface area contributed by atoms with Gasteiger partial charge >= 0.3 is 6.03 Å². The first kappa shape index (κ1) is 22.5. The van der Waals surface area contributed by atoms with Gasteiger partial charge in [0.25, 0.3) is 0 Å². The van der Waals surface area contributed by atoms with E-state index in [1.807, 2.05) is 12.1 Å². The highest BCUT2D eigenvalue weighted by molar-refractivity contribution is 5.96. The number of nitrogens with zero attached hydrogens (tertiary/aromatic N) is 1. The fourth-order valence-electron chi connectivity index (χ4n) is 5.33. The summed E-state index contributed by atoms with van der Waals surface area (Å²) in [6, 6.07) is 14.2. The average Bonchev–Trinajstić information content (AvgIpc) is 2.79. The van der Waals surface area contributed by atoms with Gasteiger partial charge in [0, 0.05) is 36.9 Å². The van der Waals surface area contributed by atoms with Gasteiger partial charge in [0.2, 0.25) is 0 Å². The molecular weight excluding hydrogens is 405 g/mol. The second-order valence-corrected chi connectivity index (χ2v) is 9.20. The van der Waals surface area contributed by atoms with Crippen LogP contribution in [-0.2, 0) is 6.42 Å². The molecular formula is C26H32FN3O2. The lowest BCUT2D eigenvalue weighted by atomic mass is 9.70. The summed E-state index contributed by atoms with van der Waals surface area (Å²) in [6.07, 6.45) is 5.71. The standard InChI is InChI=1S/C26H32FN3O2/c1-18(31)21-4-2-5-24(16-21)29-26(32)28-12-3-13-30-17-20-8-11-25(30)22(15-20)14-19-6-9-23(27)10-7-19/h2,4-7,9-10,16,20,22,25H,3,8,11-15,17H2,1H3,(H2,28,29,32)/t20-,22+,25+/m0/s1.